The predicted octanol–water partition coefficient (Wildman–Crippen LogP) is 1.54. The Morgan fingerprint density at radius 3 is 2.47 bits per heavy atom. The molecule has 0 spiro atoms. The predicted molar refractivity (Wildman–Crippen MR) is 77.3 cm³/mol. The van der Waals surface area contributed by atoms with Gasteiger partial charge in [0.15, 0.2) is 0 Å². The van der Waals surface area contributed by atoms with E-state index in [-0.39, 0.29) is 20.4 Å². The maximum absolute atomic E-state index is 12.5. The Morgan fingerprint density at radius 2 is 1.95 bits per heavy atom. The maximum Gasteiger partial charge on any atom is 0.266 e. The number of H-pyrrole nitrogens is 1. The second kappa shape index (κ2) is 5.47. The van der Waals surface area contributed by atoms with E-state index in [0.717, 1.165) is 0 Å². The summed E-state index contributed by atoms with van der Waals surface area (Å²) in [5.74, 6) is 0. The minimum atomic E-state index is -3.60. The molecule has 0 radical (unpaired) electrons. The zero-order valence-corrected chi connectivity index (χ0v) is 13.0. The molecule has 1 saturated heterocycles. The molecule has 1 aliphatic heterocycles. The van der Waals surface area contributed by atoms with Gasteiger partial charge in [-0.1, -0.05) is 25.4 Å². The molecule has 0 saturated carbocycles. The smallest absolute Gasteiger partial charge is 0.266 e. The lowest BCUT2D eigenvalue weighted by Crippen LogP contribution is -2.44. The molecule has 8 heteroatoms. The Balaban J connectivity index is 2.36. The Labute approximate surface area is 121 Å². The Morgan fingerprint density at radius 1 is 1.37 bits per heavy atom. The van der Waals surface area contributed by atoms with E-state index in [9.17, 15) is 13.2 Å². The quantitative estimate of drug-likeness (QED) is 0.896. The highest BCUT2D eigenvalue weighted by Crippen LogP contribution is 2.28. The molecule has 0 bridgehead atoms. The van der Waals surface area contributed by atoms with Gasteiger partial charge in [0.05, 0.1) is 4.90 Å². The maximum atomic E-state index is 12.5. The zero-order valence-electron chi connectivity index (χ0n) is 10.6. The molecule has 2 unspecified atom stereocenters. The number of nitrogens with one attached hydrogen (secondary N) is 1. The fraction of sp³-hybridized carbons (Fsp3) is 0.545. The third kappa shape index (κ3) is 3.16. The molecule has 2 heterocycles. The fourth-order valence-electron chi connectivity index (χ4n) is 2.06. The van der Waals surface area contributed by atoms with Gasteiger partial charge >= 0.3 is 0 Å². The molecular weight excluding hydrogens is 308 g/mol. The van der Waals surface area contributed by atoms with Crippen molar-refractivity contribution in [2.24, 2.45) is 0 Å². The van der Waals surface area contributed by atoms with Gasteiger partial charge in [-0.3, -0.25) is 4.79 Å². The van der Waals surface area contributed by atoms with Gasteiger partial charge in [0, 0.05) is 29.8 Å². The Hall–Kier alpha value is -0.500. The summed E-state index contributed by atoms with van der Waals surface area (Å²) in [4.78, 5) is 13.5. The summed E-state index contributed by atoms with van der Waals surface area (Å²) in [6.45, 7) is 4.94. The number of hydrogen-bond acceptors (Lipinski definition) is 4. The van der Waals surface area contributed by atoms with Crippen molar-refractivity contribution < 1.29 is 8.42 Å². The van der Waals surface area contributed by atoms with Crippen molar-refractivity contribution >= 4 is 33.4 Å². The van der Waals surface area contributed by atoms with Gasteiger partial charge in [-0.05, 0) is 6.07 Å². The first-order valence-corrected chi connectivity index (χ1v) is 8.60. The van der Waals surface area contributed by atoms with E-state index >= 15 is 0 Å². The van der Waals surface area contributed by atoms with Gasteiger partial charge in [0.25, 0.3) is 5.56 Å². The van der Waals surface area contributed by atoms with Crippen LogP contribution in [0.15, 0.2) is 22.0 Å². The van der Waals surface area contributed by atoms with E-state index in [4.69, 9.17) is 11.6 Å². The number of rotatable bonds is 2. The van der Waals surface area contributed by atoms with Crippen molar-refractivity contribution in [2.45, 2.75) is 29.2 Å². The molecule has 1 fully saturated rings. The first-order chi connectivity index (χ1) is 8.80. The molecule has 0 aliphatic carbocycles. The highest BCUT2D eigenvalue weighted by Gasteiger charge is 2.32. The van der Waals surface area contributed by atoms with Crippen LogP contribution in [0.3, 0.4) is 0 Å². The van der Waals surface area contributed by atoms with Gasteiger partial charge in [-0.15, -0.1) is 0 Å². The largest absolute Gasteiger partial charge is 0.326 e. The van der Waals surface area contributed by atoms with Crippen LogP contribution in [0.5, 0.6) is 0 Å². The van der Waals surface area contributed by atoms with Crippen molar-refractivity contribution in [2.75, 3.05) is 13.1 Å². The molecule has 19 heavy (non-hydrogen) atoms. The van der Waals surface area contributed by atoms with Crippen molar-refractivity contribution in [3.05, 3.63) is 27.6 Å². The number of hydrogen-bond donors (Lipinski definition) is 1. The van der Waals surface area contributed by atoms with Gasteiger partial charge < -0.3 is 4.98 Å². The number of sulfonamides is 1. The second-order valence-electron chi connectivity index (χ2n) is 4.59. The average molecular weight is 323 g/mol. The van der Waals surface area contributed by atoms with Crippen LogP contribution in [0.1, 0.15) is 13.8 Å². The average Bonchev–Trinajstić information content (AvgIpc) is 2.31. The van der Waals surface area contributed by atoms with Crippen LogP contribution in [0.4, 0.5) is 0 Å². The molecule has 1 aromatic rings. The highest BCUT2D eigenvalue weighted by molar-refractivity contribution is 8.00. The van der Waals surface area contributed by atoms with Crippen molar-refractivity contribution in [1.82, 2.24) is 9.29 Å². The fourth-order valence-corrected chi connectivity index (χ4v) is 5.43. The monoisotopic (exact) mass is 322 g/mol. The molecule has 1 aromatic heterocycles. The summed E-state index contributed by atoms with van der Waals surface area (Å²) in [7, 11) is -3.60. The van der Waals surface area contributed by atoms with Crippen molar-refractivity contribution in [1.29, 1.82) is 0 Å². The van der Waals surface area contributed by atoms with Crippen molar-refractivity contribution in [3.8, 4) is 0 Å². The lowest BCUT2D eigenvalue weighted by molar-refractivity contribution is 0.404. The summed E-state index contributed by atoms with van der Waals surface area (Å²) in [5, 5.41) is 0.377. The molecular formula is C11H15ClN2O3S2. The van der Waals surface area contributed by atoms with E-state index in [2.05, 4.69) is 4.98 Å². The van der Waals surface area contributed by atoms with Gasteiger partial charge in [0.2, 0.25) is 10.0 Å². The van der Waals surface area contributed by atoms with Crippen LogP contribution in [0, 0.1) is 0 Å². The lowest BCUT2D eigenvalue weighted by Gasteiger charge is -2.33. The Bertz CT molecular complexity index is 619. The summed E-state index contributed by atoms with van der Waals surface area (Å²) in [6, 6.07) is 1.20. The molecule has 1 N–H and O–H groups in total. The van der Waals surface area contributed by atoms with Crippen LogP contribution in [0.2, 0.25) is 5.02 Å². The molecule has 106 valence electrons. The summed E-state index contributed by atoms with van der Waals surface area (Å²) in [6.07, 6.45) is 1.20. The first kappa shape index (κ1) is 14.9. The van der Waals surface area contributed by atoms with Gasteiger partial charge in [-0.25, -0.2) is 8.42 Å². The molecule has 1 aliphatic rings. The van der Waals surface area contributed by atoms with Crippen LogP contribution in [-0.4, -0.2) is 41.3 Å². The summed E-state index contributed by atoms with van der Waals surface area (Å²) >= 11 is 7.46. The normalized spacial score (nSPS) is 25.4. The standard InChI is InChI=1S/C11H15ClN2O3S2/c1-7-5-14(6-8(2)18-7)19(16,17)9-3-10(12)11(15)13-4-9/h3-4,7-8H,5-6H2,1-2H3,(H,13,15). The lowest BCUT2D eigenvalue weighted by atomic mass is 10.4. The molecule has 0 aromatic carbocycles. The molecule has 5 nitrogen and oxygen atoms in total. The van der Waals surface area contributed by atoms with Crippen molar-refractivity contribution in [3.63, 3.8) is 0 Å². The SMILES string of the molecule is CC1CN(S(=O)(=O)c2c[nH]c(=O)c(Cl)c2)CC(C)S1. The van der Waals surface area contributed by atoms with E-state index in [1.165, 1.54) is 16.6 Å². The molecule has 2 atom stereocenters. The van der Waals surface area contributed by atoms with Gasteiger partial charge in [-0.2, -0.15) is 16.1 Å². The van der Waals surface area contributed by atoms with Gasteiger partial charge in [0.1, 0.15) is 5.02 Å². The second-order valence-corrected chi connectivity index (χ2v) is 8.82. The van der Waals surface area contributed by atoms with E-state index in [1.807, 2.05) is 13.8 Å². The topological polar surface area (TPSA) is 70.2 Å². The first-order valence-electron chi connectivity index (χ1n) is 5.84. The minimum Gasteiger partial charge on any atom is -0.326 e. The number of halogens is 1. The summed E-state index contributed by atoms with van der Waals surface area (Å²) in [5.41, 5.74) is -0.489. The number of pyridine rings is 1. The van der Waals surface area contributed by atoms with Crippen LogP contribution >= 0.6 is 23.4 Å². The molecule has 2 rings (SSSR count). The Kier molecular flexibility index (Phi) is 4.29. The van der Waals surface area contributed by atoms with Crippen LogP contribution in [0.25, 0.3) is 0 Å². The number of thioether (sulfide) groups is 1. The number of aromatic amines is 1. The van der Waals surface area contributed by atoms with Crippen LogP contribution < -0.4 is 5.56 Å². The third-order valence-corrected chi connectivity index (χ3v) is 6.17. The number of aromatic nitrogens is 1. The van der Waals surface area contributed by atoms with Crippen LogP contribution in [-0.2, 0) is 10.0 Å². The minimum absolute atomic E-state index is 0.0309. The highest BCUT2D eigenvalue weighted by atomic mass is 35.5. The number of nitrogens with zero attached hydrogens (tertiary/aromatic N) is 1. The molecule has 0 amide bonds. The summed E-state index contributed by atoms with van der Waals surface area (Å²) < 4.78 is 26.4. The van der Waals surface area contributed by atoms with E-state index in [1.54, 1.807) is 11.8 Å². The van der Waals surface area contributed by atoms with E-state index in [0.29, 0.717) is 13.1 Å². The third-order valence-electron chi connectivity index (χ3n) is 2.86. The van der Waals surface area contributed by atoms with E-state index < -0.39 is 15.6 Å². The zero-order chi connectivity index (χ0) is 14.2.